The zero-order chi connectivity index (χ0) is 12.5. The summed E-state index contributed by atoms with van der Waals surface area (Å²) in [6, 6.07) is 6.78. The lowest BCUT2D eigenvalue weighted by Crippen LogP contribution is -2.49. The summed E-state index contributed by atoms with van der Waals surface area (Å²) in [6.45, 7) is 12.4. The van der Waals surface area contributed by atoms with Gasteiger partial charge in [-0.15, -0.1) is 0 Å². The van der Waals surface area contributed by atoms with Crippen LogP contribution in [-0.4, -0.2) is 25.2 Å². The van der Waals surface area contributed by atoms with E-state index in [9.17, 15) is 0 Å². The molecule has 0 unspecified atom stereocenters. The highest BCUT2D eigenvalue weighted by molar-refractivity contribution is 5.56. The summed E-state index contributed by atoms with van der Waals surface area (Å²) in [7, 11) is 0. The lowest BCUT2D eigenvalue weighted by Gasteiger charge is -2.39. The number of hydrogen-bond donors (Lipinski definition) is 1. The molecule has 0 bridgehead atoms. The molecule has 1 aromatic rings. The predicted octanol–water partition coefficient (Wildman–Crippen LogP) is 2.88. The summed E-state index contributed by atoms with van der Waals surface area (Å²) in [4.78, 5) is 2.56. The van der Waals surface area contributed by atoms with Gasteiger partial charge < -0.3 is 10.2 Å². The largest absolute Gasteiger partial charge is 0.365 e. The lowest BCUT2D eigenvalue weighted by atomic mass is 10.00. The van der Waals surface area contributed by atoms with Crippen LogP contribution >= 0.6 is 0 Å². The summed E-state index contributed by atoms with van der Waals surface area (Å²) in [6.07, 6.45) is 1.22. The summed E-state index contributed by atoms with van der Waals surface area (Å²) >= 11 is 0. The van der Waals surface area contributed by atoms with E-state index >= 15 is 0 Å². The van der Waals surface area contributed by atoms with Crippen molar-refractivity contribution in [1.82, 2.24) is 5.32 Å². The summed E-state index contributed by atoms with van der Waals surface area (Å²) in [5.41, 5.74) is 4.32. The maximum absolute atomic E-state index is 3.53. The number of rotatable bonds is 1. The fourth-order valence-electron chi connectivity index (χ4n) is 2.71. The lowest BCUT2D eigenvalue weighted by molar-refractivity contribution is 0.461. The zero-order valence-electron chi connectivity index (χ0n) is 11.5. The van der Waals surface area contributed by atoms with Crippen molar-refractivity contribution in [2.75, 3.05) is 24.5 Å². The fourth-order valence-corrected chi connectivity index (χ4v) is 2.71. The van der Waals surface area contributed by atoms with Crippen molar-refractivity contribution in [2.45, 2.75) is 39.7 Å². The van der Waals surface area contributed by atoms with Crippen LogP contribution in [-0.2, 0) is 0 Å². The first-order valence-corrected chi connectivity index (χ1v) is 6.56. The maximum atomic E-state index is 3.53. The Hall–Kier alpha value is -1.02. The van der Waals surface area contributed by atoms with Gasteiger partial charge in [0.15, 0.2) is 0 Å². The van der Waals surface area contributed by atoms with E-state index in [1.54, 1.807) is 0 Å². The topological polar surface area (TPSA) is 15.3 Å². The van der Waals surface area contributed by atoms with Crippen molar-refractivity contribution in [3.8, 4) is 0 Å². The maximum Gasteiger partial charge on any atom is 0.0470 e. The molecule has 1 aromatic carbocycles. The van der Waals surface area contributed by atoms with Gasteiger partial charge in [-0.3, -0.25) is 0 Å². The number of benzene rings is 1. The van der Waals surface area contributed by atoms with E-state index in [-0.39, 0.29) is 5.54 Å². The van der Waals surface area contributed by atoms with Crippen LogP contribution in [0.25, 0.3) is 0 Å². The Morgan fingerprint density at radius 3 is 2.71 bits per heavy atom. The molecule has 2 nitrogen and oxygen atoms in total. The monoisotopic (exact) mass is 232 g/mol. The molecule has 17 heavy (non-hydrogen) atoms. The summed E-state index contributed by atoms with van der Waals surface area (Å²) in [5.74, 6) is 0. The third-order valence-electron chi connectivity index (χ3n) is 3.67. The minimum absolute atomic E-state index is 0.191. The van der Waals surface area contributed by atoms with Crippen molar-refractivity contribution in [1.29, 1.82) is 0 Å². The van der Waals surface area contributed by atoms with Gasteiger partial charge in [-0.25, -0.2) is 0 Å². The molecule has 1 aliphatic heterocycles. The fraction of sp³-hybridized carbons (Fsp3) is 0.600. The van der Waals surface area contributed by atoms with Gasteiger partial charge in [0, 0.05) is 24.3 Å². The zero-order valence-corrected chi connectivity index (χ0v) is 11.5. The van der Waals surface area contributed by atoms with Gasteiger partial charge >= 0.3 is 0 Å². The number of nitrogens with zero attached hydrogens (tertiary/aromatic N) is 1. The summed E-state index contributed by atoms with van der Waals surface area (Å²) in [5, 5.41) is 3.53. The van der Waals surface area contributed by atoms with Crippen molar-refractivity contribution in [3.63, 3.8) is 0 Å². The summed E-state index contributed by atoms with van der Waals surface area (Å²) < 4.78 is 0. The van der Waals surface area contributed by atoms with Crippen LogP contribution < -0.4 is 10.2 Å². The van der Waals surface area contributed by atoms with Crippen LogP contribution in [0.15, 0.2) is 18.2 Å². The second kappa shape index (κ2) is 4.69. The van der Waals surface area contributed by atoms with Crippen LogP contribution in [0.5, 0.6) is 0 Å². The molecule has 94 valence electrons. The molecule has 0 saturated carbocycles. The van der Waals surface area contributed by atoms with Gasteiger partial charge in [0.05, 0.1) is 0 Å². The van der Waals surface area contributed by atoms with Crippen LogP contribution in [0.3, 0.4) is 0 Å². The molecule has 0 radical (unpaired) electrons. The SMILES string of the molecule is Cc1ccc(N2CCCNCC2(C)C)c(C)c1. The van der Waals surface area contributed by atoms with E-state index in [0.29, 0.717) is 0 Å². The quantitative estimate of drug-likeness (QED) is 0.801. The molecule has 0 spiro atoms. The average molecular weight is 232 g/mol. The Labute approximate surface area is 105 Å². The second-order valence-corrected chi connectivity index (χ2v) is 5.78. The molecule has 0 aliphatic carbocycles. The Morgan fingerprint density at radius 1 is 1.24 bits per heavy atom. The van der Waals surface area contributed by atoms with E-state index in [0.717, 1.165) is 19.6 Å². The van der Waals surface area contributed by atoms with E-state index in [1.165, 1.54) is 23.2 Å². The molecule has 0 aromatic heterocycles. The van der Waals surface area contributed by atoms with Crippen LogP contribution in [0.2, 0.25) is 0 Å². The number of aryl methyl sites for hydroxylation is 2. The molecule has 1 saturated heterocycles. The predicted molar refractivity (Wildman–Crippen MR) is 74.8 cm³/mol. The average Bonchev–Trinajstić information content (AvgIpc) is 2.40. The van der Waals surface area contributed by atoms with E-state index < -0.39 is 0 Å². The normalized spacial score (nSPS) is 20.1. The van der Waals surface area contributed by atoms with Crippen LogP contribution in [0.1, 0.15) is 31.4 Å². The van der Waals surface area contributed by atoms with Crippen LogP contribution in [0.4, 0.5) is 5.69 Å². The number of hydrogen-bond acceptors (Lipinski definition) is 2. The third-order valence-corrected chi connectivity index (χ3v) is 3.67. The second-order valence-electron chi connectivity index (χ2n) is 5.78. The van der Waals surface area contributed by atoms with E-state index in [4.69, 9.17) is 0 Å². The first-order valence-electron chi connectivity index (χ1n) is 6.56. The van der Waals surface area contributed by atoms with E-state index in [1.807, 2.05) is 0 Å². The molecule has 2 heteroatoms. The molecule has 1 aliphatic rings. The minimum atomic E-state index is 0.191. The minimum Gasteiger partial charge on any atom is -0.365 e. The van der Waals surface area contributed by atoms with Gasteiger partial charge in [-0.1, -0.05) is 17.7 Å². The van der Waals surface area contributed by atoms with Crippen LogP contribution in [0, 0.1) is 13.8 Å². The smallest absolute Gasteiger partial charge is 0.0470 e. The van der Waals surface area contributed by atoms with Gasteiger partial charge in [0.25, 0.3) is 0 Å². The third kappa shape index (κ3) is 2.63. The van der Waals surface area contributed by atoms with E-state index in [2.05, 4.69) is 56.1 Å². The van der Waals surface area contributed by atoms with Crippen molar-refractivity contribution in [2.24, 2.45) is 0 Å². The van der Waals surface area contributed by atoms with Gasteiger partial charge in [0.2, 0.25) is 0 Å². The number of nitrogens with one attached hydrogen (secondary N) is 1. The number of anilines is 1. The van der Waals surface area contributed by atoms with Crippen molar-refractivity contribution < 1.29 is 0 Å². The molecular weight excluding hydrogens is 208 g/mol. The highest BCUT2D eigenvalue weighted by atomic mass is 15.2. The Morgan fingerprint density at radius 2 is 2.00 bits per heavy atom. The molecule has 2 rings (SSSR count). The molecular formula is C15H24N2. The molecule has 0 amide bonds. The Bertz CT molecular complexity index is 396. The van der Waals surface area contributed by atoms with Crippen molar-refractivity contribution in [3.05, 3.63) is 29.3 Å². The van der Waals surface area contributed by atoms with Gasteiger partial charge in [-0.2, -0.15) is 0 Å². The highest BCUT2D eigenvalue weighted by Gasteiger charge is 2.29. The molecule has 1 heterocycles. The Balaban J connectivity index is 2.35. The first-order chi connectivity index (χ1) is 8.00. The Kier molecular flexibility index (Phi) is 3.43. The van der Waals surface area contributed by atoms with Gasteiger partial charge in [-0.05, 0) is 52.3 Å². The molecule has 1 fully saturated rings. The van der Waals surface area contributed by atoms with Crippen molar-refractivity contribution >= 4 is 5.69 Å². The molecule has 1 N–H and O–H groups in total. The first kappa shape index (κ1) is 12.4. The highest BCUT2D eigenvalue weighted by Crippen LogP contribution is 2.28. The molecule has 0 atom stereocenters. The standard InChI is InChI=1S/C15H24N2/c1-12-6-7-14(13(2)10-12)17-9-5-8-16-11-15(17,3)4/h6-7,10,16H,5,8-9,11H2,1-4H3. The van der Waals surface area contributed by atoms with Gasteiger partial charge in [0.1, 0.15) is 0 Å².